The third-order valence-electron chi connectivity index (χ3n) is 3.39. The molecule has 0 amide bonds. The molecule has 0 saturated carbocycles. The molecular weight excluding hydrogens is 368 g/mol. The van der Waals surface area contributed by atoms with Gasteiger partial charge in [0.1, 0.15) is 12.4 Å². The van der Waals surface area contributed by atoms with Gasteiger partial charge < -0.3 is 14.8 Å². The minimum Gasteiger partial charge on any atom is -0.487 e. The third kappa shape index (κ3) is 6.99. The molecule has 130 valence electrons. The second-order valence-corrected chi connectivity index (χ2v) is 6.73. The second-order valence-electron chi connectivity index (χ2n) is 5.81. The quantitative estimate of drug-likeness (QED) is 0.611. The van der Waals surface area contributed by atoms with Crippen LogP contribution in [0, 0.1) is 0 Å². The van der Waals surface area contributed by atoms with Gasteiger partial charge in [0.05, 0.1) is 11.8 Å². The third-order valence-corrected chi connectivity index (χ3v) is 3.88. The van der Waals surface area contributed by atoms with Crippen molar-refractivity contribution in [3.63, 3.8) is 0 Å². The summed E-state index contributed by atoms with van der Waals surface area (Å²) in [6, 6.07) is 11.9. The first-order chi connectivity index (χ1) is 11.6. The molecule has 0 saturated heterocycles. The van der Waals surface area contributed by atoms with Gasteiger partial charge >= 0.3 is 0 Å². The van der Waals surface area contributed by atoms with Crippen LogP contribution in [0.3, 0.4) is 0 Å². The van der Waals surface area contributed by atoms with Crippen molar-refractivity contribution in [2.75, 3.05) is 13.2 Å². The van der Waals surface area contributed by atoms with E-state index in [2.05, 4.69) is 46.1 Å². The minimum atomic E-state index is 0.293. The average Bonchev–Trinajstić information content (AvgIpc) is 2.58. The monoisotopic (exact) mass is 392 g/mol. The molecule has 0 aliphatic rings. The predicted octanol–water partition coefficient (Wildman–Crippen LogP) is 4.33. The first-order valence-corrected chi connectivity index (χ1v) is 9.08. The number of hydrogen-bond donors (Lipinski definition) is 1. The highest BCUT2D eigenvalue weighted by Crippen LogP contribution is 2.24. The molecule has 2 rings (SSSR count). The number of nitrogens with one attached hydrogen (secondary N) is 1. The lowest BCUT2D eigenvalue weighted by Gasteiger charge is -2.13. The molecule has 0 bridgehead atoms. The Bertz CT molecular complexity index is 606. The van der Waals surface area contributed by atoms with Gasteiger partial charge in [-0.3, -0.25) is 4.98 Å². The summed E-state index contributed by atoms with van der Waals surface area (Å²) in [6.45, 7) is 7.04. The number of ether oxygens (including phenoxy) is 2. The molecule has 0 aliphatic carbocycles. The van der Waals surface area contributed by atoms with Gasteiger partial charge in [-0.05, 0) is 57.1 Å². The lowest BCUT2D eigenvalue weighted by Crippen LogP contribution is -2.18. The van der Waals surface area contributed by atoms with Crippen molar-refractivity contribution < 1.29 is 9.47 Å². The lowest BCUT2D eigenvalue weighted by molar-refractivity contribution is 0.0770. The van der Waals surface area contributed by atoms with E-state index in [1.54, 1.807) is 6.20 Å². The summed E-state index contributed by atoms with van der Waals surface area (Å²) < 4.78 is 12.5. The van der Waals surface area contributed by atoms with Crippen LogP contribution in [0.4, 0.5) is 0 Å². The normalized spacial score (nSPS) is 11.0. The maximum Gasteiger partial charge on any atom is 0.130 e. The van der Waals surface area contributed by atoms with Crippen molar-refractivity contribution in [3.05, 3.63) is 58.3 Å². The van der Waals surface area contributed by atoms with Crippen LogP contribution in [0.5, 0.6) is 5.75 Å². The molecule has 1 heterocycles. The molecule has 5 heteroatoms. The number of rotatable bonds is 10. The highest BCUT2D eigenvalue weighted by atomic mass is 79.9. The number of hydrogen-bond acceptors (Lipinski definition) is 4. The van der Waals surface area contributed by atoms with Crippen molar-refractivity contribution in [2.45, 2.75) is 39.5 Å². The van der Waals surface area contributed by atoms with Crippen LogP contribution in [0.1, 0.15) is 31.5 Å². The smallest absolute Gasteiger partial charge is 0.130 e. The molecule has 1 N–H and O–H groups in total. The fourth-order valence-electron chi connectivity index (χ4n) is 2.20. The zero-order chi connectivity index (χ0) is 17.2. The Morgan fingerprint density at radius 2 is 2.08 bits per heavy atom. The van der Waals surface area contributed by atoms with Crippen molar-refractivity contribution >= 4 is 15.9 Å². The molecule has 24 heavy (non-hydrogen) atoms. The van der Waals surface area contributed by atoms with Crippen LogP contribution in [-0.4, -0.2) is 24.2 Å². The number of halogens is 1. The van der Waals surface area contributed by atoms with Crippen LogP contribution >= 0.6 is 15.9 Å². The summed E-state index contributed by atoms with van der Waals surface area (Å²) in [6.07, 6.45) is 3.07. The van der Waals surface area contributed by atoms with Crippen molar-refractivity contribution in [1.82, 2.24) is 10.3 Å². The van der Waals surface area contributed by atoms with Crippen molar-refractivity contribution in [2.24, 2.45) is 0 Å². The van der Waals surface area contributed by atoms with E-state index in [9.17, 15) is 0 Å². The molecule has 4 nitrogen and oxygen atoms in total. The maximum atomic E-state index is 5.94. The average molecular weight is 393 g/mol. The molecule has 0 radical (unpaired) electrons. The first kappa shape index (κ1) is 18.9. The van der Waals surface area contributed by atoms with Crippen LogP contribution in [0.25, 0.3) is 0 Å². The molecule has 1 aromatic carbocycles. The van der Waals surface area contributed by atoms with E-state index in [0.29, 0.717) is 12.7 Å². The Hall–Kier alpha value is -1.43. The zero-order valence-corrected chi connectivity index (χ0v) is 15.9. The molecule has 1 aromatic heterocycles. The summed E-state index contributed by atoms with van der Waals surface area (Å²) in [7, 11) is 0. The number of nitrogens with zero attached hydrogens (tertiary/aromatic N) is 1. The zero-order valence-electron chi connectivity index (χ0n) is 14.3. The van der Waals surface area contributed by atoms with E-state index < -0.39 is 0 Å². The van der Waals surface area contributed by atoms with E-state index >= 15 is 0 Å². The summed E-state index contributed by atoms with van der Waals surface area (Å²) in [5, 5.41) is 3.44. The van der Waals surface area contributed by atoms with Gasteiger partial charge in [-0.25, -0.2) is 0 Å². The molecule has 0 atom stereocenters. The largest absolute Gasteiger partial charge is 0.487 e. The van der Waals surface area contributed by atoms with E-state index in [4.69, 9.17) is 9.47 Å². The van der Waals surface area contributed by atoms with E-state index in [0.717, 1.165) is 47.6 Å². The highest BCUT2D eigenvalue weighted by molar-refractivity contribution is 9.10. The fourth-order valence-corrected chi connectivity index (χ4v) is 2.61. The van der Waals surface area contributed by atoms with Gasteiger partial charge in [0.2, 0.25) is 0 Å². The van der Waals surface area contributed by atoms with Crippen molar-refractivity contribution in [1.29, 1.82) is 0 Å². The number of pyridine rings is 1. The minimum absolute atomic E-state index is 0.293. The van der Waals surface area contributed by atoms with E-state index in [1.807, 2.05) is 30.3 Å². The number of benzene rings is 1. The second kappa shape index (κ2) is 10.4. The van der Waals surface area contributed by atoms with Crippen LogP contribution in [-0.2, 0) is 17.9 Å². The first-order valence-electron chi connectivity index (χ1n) is 8.28. The Morgan fingerprint density at radius 1 is 1.21 bits per heavy atom. The van der Waals surface area contributed by atoms with Crippen molar-refractivity contribution in [3.8, 4) is 5.75 Å². The van der Waals surface area contributed by atoms with E-state index in [1.165, 1.54) is 0 Å². The Labute approximate surface area is 152 Å². The van der Waals surface area contributed by atoms with Gasteiger partial charge in [-0.2, -0.15) is 0 Å². The molecule has 0 aliphatic heterocycles. The van der Waals surface area contributed by atoms with Gasteiger partial charge in [0, 0.05) is 29.4 Å². The van der Waals surface area contributed by atoms with Gasteiger partial charge in [-0.15, -0.1) is 0 Å². The lowest BCUT2D eigenvalue weighted by atomic mass is 10.2. The molecular formula is C19H25BrN2O2. The van der Waals surface area contributed by atoms with Gasteiger partial charge in [0.25, 0.3) is 0 Å². The van der Waals surface area contributed by atoms with Gasteiger partial charge in [-0.1, -0.05) is 22.0 Å². The Morgan fingerprint density at radius 3 is 2.83 bits per heavy atom. The van der Waals surface area contributed by atoms with E-state index in [-0.39, 0.29) is 0 Å². The number of aromatic nitrogens is 1. The SMILES string of the molecule is CC(C)OCCCNCc1cc(Br)ccc1OCc1ccccn1. The topological polar surface area (TPSA) is 43.4 Å². The molecule has 0 fully saturated rings. The Balaban J connectivity index is 1.83. The molecule has 2 aromatic rings. The summed E-state index contributed by atoms with van der Waals surface area (Å²) in [5.74, 6) is 0.884. The fraction of sp³-hybridized carbons (Fsp3) is 0.421. The highest BCUT2D eigenvalue weighted by Gasteiger charge is 2.06. The summed E-state index contributed by atoms with van der Waals surface area (Å²) in [4.78, 5) is 4.29. The van der Waals surface area contributed by atoms with Crippen LogP contribution in [0.2, 0.25) is 0 Å². The van der Waals surface area contributed by atoms with Crippen LogP contribution in [0.15, 0.2) is 47.1 Å². The molecule has 0 unspecified atom stereocenters. The summed E-state index contributed by atoms with van der Waals surface area (Å²) in [5.41, 5.74) is 2.05. The maximum absolute atomic E-state index is 5.94. The van der Waals surface area contributed by atoms with Gasteiger partial charge in [0.15, 0.2) is 0 Å². The standard InChI is InChI=1S/C19H25BrN2O2/c1-15(2)23-11-5-9-21-13-16-12-17(20)7-8-19(16)24-14-18-6-3-4-10-22-18/h3-4,6-8,10,12,15,21H,5,9,11,13-14H2,1-2H3. The van der Waals surface area contributed by atoms with Crippen LogP contribution < -0.4 is 10.1 Å². The molecule has 0 spiro atoms. The Kier molecular flexibility index (Phi) is 8.22. The predicted molar refractivity (Wildman–Crippen MR) is 100 cm³/mol. The summed E-state index contributed by atoms with van der Waals surface area (Å²) >= 11 is 3.53.